The normalized spacial score (nSPS) is 12.3. The first-order valence-corrected chi connectivity index (χ1v) is 8.59. The van der Waals surface area contributed by atoms with Gasteiger partial charge in [-0.15, -0.1) is 0 Å². The van der Waals surface area contributed by atoms with Crippen molar-refractivity contribution < 1.29 is 8.42 Å². The average Bonchev–Trinajstić information content (AvgIpc) is 2.39. The minimum absolute atomic E-state index is 0.113. The molecule has 4 nitrogen and oxygen atoms in total. The largest absolute Gasteiger partial charge is 0.313 e. The van der Waals surface area contributed by atoms with Gasteiger partial charge in [-0.25, -0.2) is 8.42 Å². The van der Waals surface area contributed by atoms with Crippen LogP contribution in [-0.4, -0.2) is 32.4 Å². The molecule has 0 aliphatic carbocycles. The number of rotatable bonds is 7. The van der Waals surface area contributed by atoms with Crippen LogP contribution in [0, 0.1) is 0 Å². The monoisotopic (exact) mass is 318 g/mol. The molecule has 0 unspecified atom stereocenters. The maximum absolute atomic E-state index is 12.5. The molecule has 0 aliphatic heterocycles. The van der Waals surface area contributed by atoms with Crippen molar-refractivity contribution in [1.82, 2.24) is 9.62 Å². The highest BCUT2D eigenvalue weighted by atomic mass is 35.5. The second-order valence-corrected chi connectivity index (χ2v) is 7.43. The first-order chi connectivity index (χ1) is 9.30. The first-order valence-electron chi connectivity index (χ1n) is 6.77. The molecular weight excluding hydrogens is 296 g/mol. The molecule has 0 amide bonds. The summed E-state index contributed by atoms with van der Waals surface area (Å²) in [5, 5.41) is 3.51. The number of hydrogen-bond acceptors (Lipinski definition) is 3. The van der Waals surface area contributed by atoms with Gasteiger partial charge in [0.1, 0.15) is 4.90 Å². The fourth-order valence-corrected chi connectivity index (χ4v) is 3.59. The molecule has 0 atom stereocenters. The van der Waals surface area contributed by atoms with Gasteiger partial charge in [-0.2, -0.15) is 4.31 Å². The van der Waals surface area contributed by atoms with E-state index >= 15 is 0 Å². The molecule has 0 saturated carbocycles. The van der Waals surface area contributed by atoms with E-state index in [2.05, 4.69) is 12.2 Å². The maximum Gasteiger partial charge on any atom is 0.244 e. The fraction of sp³-hybridized carbons (Fsp3) is 0.571. The Hall–Kier alpha value is -0.620. The SMILES string of the molecule is CCCNCc1ccc(Cl)c(S(=O)(=O)N(C)C(C)C)c1. The van der Waals surface area contributed by atoms with Gasteiger partial charge >= 0.3 is 0 Å². The molecule has 20 heavy (non-hydrogen) atoms. The third kappa shape index (κ3) is 4.19. The predicted molar refractivity (Wildman–Crippen MR) is 83.5 cm³/mol. The van der Waals surface area contributed by atoms with Crippen molar-refractivity contribution in [2.45, 2.75) is 44.7 Å². The van der Waals surface area contributed by atoms with Crippen molar-refractivity contribution in [3.05, 3.63) is 28.8 Å². The molecule has 1 aromatic carbocycles. The summed E-state index contributed by atoms with van der Waals surface area (Å²) in [5.41, 5.74) is 0.915. The summed E-state index contributed by atoms with van der Waals surface area (Å²) in [6.07, 6.45) is 1.04. The minimum atomic E-state index is -3.55. The average molecular weight is 319 g/mol. The van der Waals surface area contributed by atoms with E-state index in [1.165, 1.54) is 4.31 Å². The van der Waals surface area contributed by atoms with Gasteiger partial charge in [-0.05, 0) is 44.5 Å². The molecule has 1 N–H and O–H groups in total. The van der Waals surface area contributed by atoms with E-state index in [0.717, 1.165) is 18.5 Å². The lowest BCUT2D eigenvalue weighted by Gasteiger charge is -2.22. The molecule has 1 rings (SSSR count). The summed E-state index contributed by atoms with van der Waals surface area (Å²) >= 11 is 6.06. The number of halogens is 1. The standard InChI is InChI=1S/C14H23ClN2O2S/c1-5-8-16-10-12-6-7-13(15)14(9-12)20(18,19)17(4)11(2)3/h6-7,9,11,16H,5,8,10H2,1-4H3. The molecule has 0 radical (unpaired) electrons. The number of nitrogens with zero attached hydrogens (tertiary/aromatic N) is 1. The molecule has 0 saturated heterocycles. The highest BCUT2D eigenvalue weighted by Crippen LogP contribution is 2.26. The van der Waals surface area contributed by atoms with Crippen molar-refractivity contribution >= 4 is 21.6 Å². The van der Waals surface area contributed by atoms with Crippen LogP contribution in [-0.2, 0) is 16.6 Å². The smallest absolute Gasteiger partial charge is 0.244 e. The summed E-state index contributed by atoms with van der Waals surface area (Å²) in [5.74, 6) is 0. The van der Waals surface area contributed by atoms with Crippen LogP contribution in [0.5, 0.6) is 0 Å². The second kappa shape index (κ2) is 7.41. The Labute approximate surface area is 127 Å². The summed E-state index contributed by atoms with van der Waals surface area (Å²) in [7, 11) is -1.98. The minimum Gasteiger partial charge on any atom is -0.313 e. The summed E-state index contributed by atoms with van der Waals surface area (Å²) in [6, 6.07) is 5.03. The predicted octanol–water partition coefficient (Wildman–Crippen LogP) is 2.87. The highest BCUT2D eigenvalue weighted by molar-refractivity contribution is 7.89. The van der Waals surface area contributed by atoms with Crippen LogP contribution in [0.15, 0.2) is 23.1 Å². The Morgan fingerprint density at radius 2 is 2.00 bits per heavy atom. The van der Waals surface area contributed by atoms with Crippen molar-refractivity contribution in [3.8, 4) is 0 Å². The van der Waals surface area contributed by atoms with E-state index in [4.69, 9.17) is 11.6 Å². The van der Waals surface area contributed by atoms with Crippen LogP contribution in [0.2, 0.25) is 5.02 Å². The Kier molecular flexibility index (Phi) is 6.45. The van der Waals surface area contributed by atoms with Crippen molar-refractivity contribution in [2.24, 2.45) is 0 Å². The van der Waals surface area contributed by atoms with Crippen LogP contribution in [0.1, 0.15) is 32.8 Å². The van der Waals surface area contributed by atoms with E-state index in [1.807, 2.05) is 19.9 Å². The summed E-state index contributed by atoms with van der Waals surface area (Å²) < 4.78 is 26.3. The van der Waals surface area contributed by atoms with Gasteiger partial charge in [0.15, 0.2) is 0 Å². The summed E-state index contributed by atoms with van der Waals surface area (Å²) in [6.45, 7) is 7.29. The molecular formula is C14H23ClN2O2S. The fourth-order valence-electron chi connectivity index (χ4n) is 1.70. The zero-order valence-corrected chi connectivity index (χ0v) is 14.1. The van der Waals surface area contributed by atoms with E-state index < -0.39 is 10.0 Å². The molecule has 114 valence electrons. The van der Waals surface area contributed by atoms with E-state index in [-0.39, 0.29) is 16.0 Å². The highest BCUT2D eigenvalue weighted by Gasteiger charge is 2.25. The lowest BCUT2D eigenvalue weighted by atomic mass is 10.2. The van der Waals surface area contributed by atoms with Gasteiger partial charge < -0.3 is 5.32 Å². The van der Waals surface area contributed by atoms with Gasteiger partial charge in [0.2, 0.25) is 10.0 Å². The molecule has 6 heteroatoms. The molecule has 0 fully saturated rings. The molecule has 0 aromatic heterocycles. The van der Waals surface area contributed by atoms with Gasteiger partial charge in [0, 0.05) is 19.6 Å². The first kappa shape index (κ1) is 17.4. The van der Waals surface area contributed by atoms with E-state index in [9.17, 15) is 8.42 Å². The summed E-state index contributed by atoms with van der Waals surface area (Å²) in [4.78, 5) is 0.172. The van der Waals surface area contributed by atoms with Gasteiger partial charge in [0.25, 0.3) is 0 Å². The van der Waals surface area contributed by atoms with E-state index in [0.29, 0.717) is 6.54 Å². The van der Waals surface area contributed by atoms with Crippen LogP contribution in [0.3, 0.4) is 0 Å². The third-order valence-corrected chi connectivity index (χ3v) is 5.65. The third-order valence-electron chi connectivity index (χ3n) is 3.14. The number of benzene rings is 1. The van der Waals surface area contributed by atoms with Gasteiger partial charge in [-0.1, -0.05) is 24.6 Å². The molecule has 0 bridgehead atoms. The lowest BCUT2D eigenvalue weighted by Crippen LogP contribution is -2.33. The quantitative estimate of drug-likeness (QED) is 0.786. The number of hydrogen-bond donors (Lipinski definition) is 1. The Bertz CT molecular complexity index is 544. The van der Waals surface area contributed by atoms with Crippen LogP contribution in [0.4, 0.5) is 0 Å². The van der Waals surface area contributed by atoms with Crippen LogP contribution >= 0.6 is 11.6 Å². The topological polar surface area (TPSA) is 49.4 Å². The number of nitrogens with one attached hydrogen (secondary N) is 1. The van der Waals surface area contributed by atoms with Gasteiger partial charge in [-0.3, -0.25) is 0 Å². The lowest BCUT2D eigenvalue weighted by molar-refractivity contribution is 0.410. The number of sulfonamides is 1. The Morgan fingerprint density at radius 1 is 1.35 bits per heavy atom. The molecule has 0 aliphatic rings. The van der Waals surface area contributed by atoms with E-state index in [1.54, 1.807) is 19.2 Å². The van der Waals surface area contributed by atoms with Crippen molar-refractivity contribution in [1.29, 1.82) is 0 Å². The van der Waals surface area contributed by atoms with Crippen LogP contribution in [0.25, 0.3) is 0 Å². The van der Waals surface area contributed by atoms with Gasteiger partial charge in [0.05, 0.1) is 5.02 Å². The zero-order valence-electron chi connectivity index (χ0n) is 12.5. The second-order valence-electron chi connectivity index (χ2n) is 5.06. The Morgan fingerprint density at radius 3 is 2.55 bits per heavy atom. The zero-order chi connectivity index (χ0) is 15.3. The molecule has 0 heterocycles. The molecule has 0 spiro atoms. The van der Waals surface area contributed by atoms with Crippen molar-refractivity contribution in [2.75, 3.05) is 13.6 Å². The van der Waals surface area contributed by atoms with Crippen molar-refractivity contribution in [3.63, 3.8) is 0 Å². The van der Waals surface area contributed by atoms with Crippen LogP contribution < -0.4 is 5.32 Å². The molecule has 1 aromatic rings. The Balaban J connectivity index is 3.08. The maximum atomic E-state index is 12.5.